The average Bonchev–Trinajstić information content (AvgIpc) is 2.69. The Morgan fingerprint density at radius 1 is 1.13 bits per heavy atom. The first kappa shape index (κ1) is 24.0. The van der Waals surface area contributed by atoms with Gasteiger partial charge >= 0.3 is 5.97 Å². The maximum Gasteiger partial charge on any atom is 0.303 e. The van der Waals surface area contributed by atoms with E-state index in [1.165, 1.54) is 13.8 Å². The number of halogens is 3. The van der Waals surface area contributed by atoms with Crippen LogP contribution >= 0.6 is 34.8 Å². The van der Waals surface area contributed by atoms with Crippen molar-refractivity contribution in [3.05, 3.63) is 35.9 Å². The van der Waals surface area contributed by atoms with E-state index in [0.29, 0.717) is 0 Å². The number of carbonyl (C=O) groups is 2. The molecule has 6 atom stereocenters. The first-order valence-corrected chi connectivity index (χ1v) is 10.4. The zero-order valence-electron chi connectivity index (χ0n) is 16.5. The largest absolute Gasteiger partial charge is 0.457 e. The van der Waals surface area contributed by atoms with Gasteiger partial charge in [0.15, 0.2) is 12.4 Å². The topological polar surface area (TPSA) is 116 Å². The maximum absolute atomic E-state index is 11.9. The number of esters is 1. The normalized spacial score (nSPS) is 30.6. The lowest BCUT2D eigenvalue weighted by Crippen LogP contribution is -2.68. The van der Waals surface area contributed by atoms with Gasteiger partial charge in [0.25, 0.3) is 3.79 Å². The van der Waals surface area contributed by atoms with Crippen LogP contribution in [-0.2, 0) is 33.3 Å². The molecule has 0 aromatic heterocycles. The second-order valence-corrected chi connectivity index (χ2v) is 9.25. The molecule has 31 heavy (non-hydrogen) atoms. The minimum Gasteiger partial charge on any atom is -0.457 e. The third-order valence-electron chi connectivity index (χ3n) is 4.57. The minimum absolute atomic E-state index is 0.0652. The maximum atomic E-state index is 11.9. The molecule has 2 N–H and O–H groups in total. The zero-order valence-corrected chi connectivity index (χ0v) is 18.8. The third kappa shape index (κ3) is 6.00. The highest BCUT2D eigenvalue weighted by Gasteiger charge is 2.54. The molecule has 0 bridgehead atoms. The Labute approximate surface area is 193 Å². The molecular weight excluding hydrogens is 475 g/mol. The monoisotopic (exact) mass is 494 g/mol. The molecule has 1 amide bonds. The summed E-state index contributed by atoms with van der Waals surface area (Å²) in [6.45, 7) is 2.56. The Morgan fingerprint density at radius 2 is 1.81 bits per heavy atom. The number of amides is 1. The molecule has 0 radical (unpaired) electrons. The van der Waals surface area contributed by atoms with E-state index in [2.05, 4.69) is 5.32 Å². The molecule has 0 spiro atoms. The van der Waals surface area contributed by atoms with Crippen LogP contribution in [0.4, 0.5) is 0 Å². The Morgan fingerprint density at radius 3 is 2.39 bits per heavy atom. The molecule has 0 aliphatic carbocycles. The Bertz CT molecular complexity index is 820. The van der Waals surface area contributed by atoms with Gasteiger partial charge in [-0.1, -0.05) is 65.1 Å². The summed E-state index contributed by atoms with van der Waals surface area (Å²) < 4.78 is 26.4. The van der Waals surface area contributed by atoms with Gasteiger partial charge in [-0.3, -0.25) is 15.0 Å². The van der Waals surface area contributed by atoms with E-state index in [1.807, 2.05) is 30.3 Å². The predicted molar refractivity (Wildman–Crippen MR) is 111 cm³/mol. The number of rotatable bonds is 4. The van der Waals surface area contributed by atoms with Crippen molar-refractivity contribution in [2.45, 2.75) is 54.6 Å². The quantitative estimate of drug-likeness (QED) is 0.285. The van der Waals surface area contributed by atoms with Crippen molar-refractivity contribution in [2.75, 3.05) is 6.61 Å². The van der Waals surface area contributed by atoms with Crippen molar-refractivity contribution in [2.24, 2.45) is 0 Å². The summed E-state index contributed by atoms with van der Waals surface area (Å²) in [5, 5.41) is 10.5. The van der Waals surface area contributed by atoms with Crippen LogP contribution in [0.2, 0.25) is 0 Å². The van der Waals surface area contributed by atoms with Crippen LogP contribution in [0.15, 0.2) is 30.3 Å². The molecule has 9 nitrogen and oxygen atoms in total. The van der Waals surface area contributed by atoms with Gasteiger partial charge < -0.3 is 29.0 Å². The SMILES string of the molecule is CC(=O)N[C@H]1[C@@H](OC(=N)C(Cl)(Cl)Cl)O[C@@H]2CO[C@H](c3ccccc3)O[C@@H]2[C@@H]1OC(C)=O. The van der Waals surface area contributed by atoms with E-state index in [1.54, 1.807) is 0 Å². The van der Waals surface area contributed by atoms with Gasteiger partial charge in [-0.2, -0.15) is 0 Å². The number of ether oxygens (including phenoxy) is 5. The Balaban J connectivity index is 1.89. The number of fused-ring (bicyclic) bond motifs is 1. The van der Waals surface area contributed by atoms with Crippen LogP contribution < -0.4 is 5.32 Å². The fourth-order valence-electron chi connectivity index (χ4n) is 3.35. The number of hydrogen-bond donors (Lipinski definition) is 2. The van der Waals surface area contributed by atoms with Gasteiger partial charge in [0.05, 0.1) is 6.61 Å². The standard InChI is InChI=1S/C19H21Cl3N2O7/c1-9(25)24-13-15(28-10(2)26)14-12(29-17(13)31-18(23)19(20,21)22)8-27-16(30-14)11-6-4-3-5-7-11/h3-7,12-17,23H,8H2,1-2H3,(H,24,25)/t12-,13-,14+,15-,16+,17-/m1/s1. The smallest absolute Gasteiger partial charge is 0.303 e. The van der Waals surface area contributed by atoms with Crippen LogP contribution in [0, 0.1) is 5.41 Å². The lowest BCUT2D eigenvalue weighted by atomic mass is 9.95. The fourth-order valence-corrected chi connectivity index (χ4v) is 3.49. The van der Waals surface area contributed by atoms with Crippen molar-refractivity contribution in [1.29, 1.82) is 5.41 Å². The third-order valence-corrected chi connectivity index (χ3v) is 5.09. The highest BCUT2D eigenvalue weighted by molar-refractivity contribution is 6.76. The predicted octanol–water partition coefficient (Wildman–Crippen LogP) is 2.63. The van der Waals surface area contributed by atoms with E-state index in [4.69, 9.17) is 63.9 Å². The molecular formula is C19H21Cl3N2O7. The fraction of sp³-hybridized carbons (Fsp3) is 0.526. The lowest BCUT2D eigenvalue weighted by molar-refractivity contribution is -0.336. The summed E-state index contributed by atoms with van der Waals surface area (Å²) in [6, 6.07) is 8.13. The van der Waals surface area contributed by atoms with Gasteiger partial charge in [0.1, 0.15) is 18.2 Å². The minimum atomic E-state index is -2.16. The molecule has 170 valence electrons. The van der Waals surface area contributed by atoms with Crippen molar-refractivity contribution in [3.63, 3.8) is 0 Å². The van der Waals surface area contributed by atoms with E-state index in [-0.39, 0.29) is 6.61 Å². The van der Waals surface area contributed by atoms with Crippen LogP contribution in [0.1, 0.15) is 25.7 Å². The molecule has 3 rings (SSSR count). The molecule has 0 saturated carbocycles. The second kappa shape index (κ2) is 9.89. The van der Waals surface area contributed by atoms with Gasteiger partial charge in [-0.05, 0) is 0 Å². The highest BCUT2D eigenvalue weighted by atomic mass is 35.6. The van der Waals surface area contributed by atoms with Gasteiger partial charge in [0, 0.05) is 19.4 Å². The van der Waals surface area contributed by atoms with E-state index in [0.717, 1.165) is 5.56 Å². The van der Waals surface area contributed by atoms with E-state index in [9.17, 15) is 9.59 Å². The molecule has 1 aromatic rings. The summed E-state index contributed by atoms with van der Waals surface area (Å²) in [6.07, 6.45) is -4.62. The molecule has 2 fully saturated rings. The molecule has 0 unspecified atom stereocenters. The van der Waals surface area contributed by atoms with Crippen LogP contribution in [-0.4, -0.2) is 58.8 Å². The first-order valence-electron chi connectivity index (χ1n) is 9.30. The highest BCUT2D eigenvalue weighted by Crippen LogP contribution is 2.37. The van der Waals surface area contributed by atoms with Crippen molar-refractivity contribution in [3.8, 4) is 0 Å². The van der Waals surface area contributed by atoms with E-state index >= 15 is 0 Å². The number of benzene rings is 1. The van der Waals surface area contributed by atoms with Crippen LogP contribution in [0.3, 0.4) is 0 Å². The van der Waals surface area contributed by atoms with Gasteiger partial charge in [-0.25, -0.2) is 0 Å². The van der Waals surface area contributed by atoms with Crippen molar-refractivity contribution < 1.29 is 33.3 Å². The molecule has 2 aliphatic heterocycles. The zero-order chi connectivity index (χ0) is 22.8. The molecule has 2 heterocycles. The lowest BCUT2D eigenvalue weighted by Gasteiger charge is -2.48. The summed E-state index contributed by atoms with van der Waals surface area (Å²) in [5.41, 5.74) is 0.759. The number of nitrogens with one attached hydrogen (secondary N) is 2. The van der Waals surface area contributed by atoms with Crippen LogP contribution in [0.5, 0.6) is 0 Å². The summed E-state index contributed by atoms with van der Waals surface area (Å²) in [5.74, 6) is -1.79. The number of carbonyl (C=O) groups excluding carboxylic acids is 2. The average molecular weight is 496 g/mol. The summed E-state index contributed by atoms with van der Waals surface area (Å²) >= 11 is 17.1. The summed E-state index contributed by atoms with van der Waals surface area (Å²) in [4.78, 5) is 23.7. The molecule has 2 aliphatic rings. The van der Waals surface area contributed by atoms with Crippen LogP contribution in [0.25, 0.3) is 0 Å². The number of alkyl halides is 3. The Kier molecular flexibility index (Phi) is 7.67. The first-order chi connectivity index (χ1) is 14.6. The molecule has 2 saturated heterocycles. The van der Waals surface area contributed by atoms with Gasteiger partial charge in [-0.15, -0.1) is 0 Å². The van der Waals surface area contributed by atoms with Crippen molar-refractivity contribution in [1.82, 2.24) is 5.32 Å². The second-order valence-electron chi connectivity index (χ2n) is 6.96. The molecule has 1 aromatic carbocycles. The van der Waals surface area contributed by atoms with E-state index < -0.39 is 58.5 Å². The summed E-state index contributed by atoms with van der Waals surface area (Å²) in [7, 11) is 0. The molecule has 12 heteroatoms. The van der Waals surface area contributed by atoms with Crippen molar-refractivity contribution >= 4 is 52.6 Å². The Hall–Kier alpha value is -1.62. The number of hydrogen-bond acceptors (Lipinski definition) is 8. The van der Waals surface area contributed by atoms with Gasteiger partial charge in [0.2, 0.25) is 18.1 Å².